The molecule has 1 N–H and O–H groups in total. The number of aryl methyl sites for hydroxylation is 1. The first kappa shape index (κ1) is 16.0. The molecule has 2 aromatic heterocycles. The molecule has 0 saturated heterocycles. The lowest BCUT2D eigenvalue weighted by Crippen LogP contribution is -2.23. The third kappa shape index (κ3) is 4.55. The van der Waals surface area contributed by atoms with Gasteiger partial charge in [-0.3, -0.25) is 0 Å². The van der Waals surface area contributed by atoms with Crippen molar-refractivity contribution in [1.82, 2.24) is 10.3 Å². The van der Waals surface area contributed by atoms with Crippen LogP contribution in [0.25, 0.3) is 0 Å². The molecule has 0 unspecified atom stereocenters. The first-order chi connectivity index (χ1) is 10.3. The lowest BCUT2D eigenvalue weighted by atomic mass is 10.2. The van der Waals surface area contributed by atoms with Crippen LogP contribution in [-0.4, -0.2) is 18.1 Å². The Morgan fingerprint density at radius 3 is 2.71 bits per heavy atom. The molecule has 0 atom stereocenters. The number of anilines is 1. The van der Waals surface area contributed by atoms with Crippen molar-refractivity contribution in [2.45, 2.75) is 40.3 Å². The van der Waals surface area contributed by atoms with Gasteiger partial charge in [-0.15, -0.1) is 11.3 Å². The number of aromatic nitrogens is 1. The van der Waals surface area contributed by atoms with E-state index in [1.54, 1.807) is 0 Å². The monoisotopic (exact) mass is 303 g/mol. The van der Waals surface area contributed by atoms with Crippen molar-refractivity contribution in [3.8, 4) is 0 Å². The third-order valence-corrected chi connectivity index (χ3v) is 4.36. The Kier molecular flexibility index (Phi) is 6.21. The summed E-state index contributed by atoms with van der Waals surface area (Å²) < 4.78 is 0. The third-order valence-electron chi connectivity index (χ3n) is 3.50. The minimum atomic E-state index is 0.912. The fraction of sp³-hybridized carbons (Fsp3) is 0.471. The molecule has 0 radical (unpaired) electrons. The molecule has 0 spiro atoms. The average Bonchev–Trinajstić information content (AvgIpc) is 3.03. The highest BCUT2D eigenvalue weighted by Crippen LogP contribution is 2.20. The Bertz CT molecular complexity index is 537. The van der Waals surface area contributed by atoms with Crippen LogP contribution < -0.4 is 10.2 Å². The van der Waals surface area contributed by atoms with Crippen LogP contribution in [0.5, 0.6) is 0 Å². The van der Waals surface area contributed by atoms with Gasteiger partial charge in [-0.2, -0.15) is 0 Å². The lowest BCUT2D eigenvalue weighted by molar-refractivity contribution is 0.721. The van der Waals surface area contributed by atoms with Crippen LogP contribution in [0.1, 0.15) is 36.9 Å². The minimum absolute atomic E-state index is 0.912. The number of hydrogen-bond donors (Lipinski definition) is 1. The Morgan fingerprint density at radius 1 is 1.24 bits per heavy atom. The van der Waals surface area contributed by atoms with Crippen molar-refractivity contribution in [2.75, 3.05) is 18.0 Å². The average molecular weight is 303 g/mol. The van der Waals surface area contributed by atoms with Crippen molar-refractivity contribution in [2.24, 2.45) is 0 Å². The number of hydrogen-bond acceptors (Lipinski definition) is 4. The highest BCUT2D eigenvalue weighted by molar-refractivity contribution is 7.09. The predicted molar refractivity (Wildman–Crippen MR) is 92.0 cm³/mol. The molecule has 4 heteroatoms. The SMILES string of the molecule is CCNCc1cc(CC)nc(N(CC)Cc2cccs2)c1. The number of nitrogens with one attached hydrogen (secondary N) is 1. The summed E-state index contributed by atoms with van der Waals surface area (Å²) >= 11 is 1.81. The molecule has 114 valence electrons. The second-order valence-electron chi connectivity index (χ2n) is 5.05. The highest BCUT2D eigenvalue weighted by atomic mass is 32.1. The highest BCUT2D eigenvalue weighted by Gasteiger charge is 2.10. The quantitative estimate of drug-likeness (QED) is 0.803. The van der Waals surface area contributed by atoms with Gasteiger partial charge in [-0.25, -0.2) is 4.98 Å². The van der Waals surface area contributed by atoms with Crippen molar-refractivity contribution < 1.29 is 0 Å². The van der Waals surface area contributed by atoms with E-state index in [0.717, 1.165) is 38.4 Å². The zero-order valence-corrected chi connectivity index (χ0v) is 14.0. The van der Waals surface area contributed by atoms with E-state index in [2.05, 4.69) is 60.6 Å². The van der Waals surface area contributed by atoms with E-state index in [1.807, 2.05) is 11.3 Å². The molecule has 0 bridgehead atoms. The van der Waals surface area contributed by atoms with E-state index in [4.69, 9.17) is 4.98 Å². The van der Waals surface area contributed by atoms with Gasteiger partial charge in [0.1, 0.15) is 5.82 Å². The minimum Gasteiger partial charge on any atom is -0.352 e. The molecule has 21 heavy (non-hydrogen) atoms. The molecule has 0 aliphatic rings. The summed E-state index contributed by atoms with van der Waals surface area (Å²) in [6.07, 6.45) is 0.976. The van der Waals surface area contributed by atoms with Crippen LogP contribution in [0.3, 0.4) is 0 Å². The first-order valence-electron chi connectivity index (χ1n) is 7.74. The van der Waals surface area contributed by atoms with Crippen LogP contribution in [0, 0.1) is 0 Å². The molecule has 3 nitrogen and oxygen atoms in total. The Labute approximate surface area is 132 Å². The summed E-state index contributed by atoms with van der Waals surface area (Å²) in [5, 5.41) is 5.54. The van der Waals surface area contributed by atoms with Crippen LogP contribution in [-0.2, 0) is 19.5 Å². The van der Waals surface area contributed by atoms with E-state index >= 15 is 0 Å². The molecule has 0 aliphatic carbocycles. The van der Waals surface area contributed by atoms with Gasteiger partial charge in [-0.05, 0) is 49.0 Å². The van der Waals surface area contributed by atoms with Gasteiger partial charge < -0.3 is 10.2 Å². The predicted octanol–water partition coefficient (Wildman–Crippen LogP) is 3.84. The number of nitrogens with zero attached hydrogens (tertiary/aromatic N) is 2. The zero-order valence-electron chi connectivity index (χ0n) is 13.2. The van der Waals surface area contributed by atoms with Gasteiger partial charge >= 0.3 is 0 Å². The van der Waals surface area contributed by atoms with Crippen LogP contribution in [0.15, 0.2) is 29.6 Å². The van der Waals surface area contributed by atoms with E-state index in [9.17, 15) is 0 Å². The standard InChI is InChI=1S/C17H25N3S/c1-4-15-10-14(12-18-5-2)11-17(19-15)20(6-3)13-16-8-7-9-21-16/h7-11,18H,4-6,12-13H2,1-3H3. The van der Waals surface area contributed by atoms with Crippen molar-refractivity contribution in [3.63, 3.8) is 0 Å². The molecule has 0 aliphatic heterocycles. The Morgan fingerprint density at radius 2 is 2.10 bits per heavy atom. The topological polar surface area (TPSA) is 28.2 Å². The largest absolute Gasteiger partial charge is 0.352 e. The van der Waals surface area contributed by atoms with Gasteiger partial charge in [0, 0.05) is 23.7 Å². The van der Waals surface area contributed by atoms with E-state index in [0.29, 0.717) is 0 Å². The molecular weight excluding hydrogens is 278 g/mol. The van der Waals surface area contributed by atoms with Crippen molar-refractivity contribution >= 4 is 17.2 Å². The molecule has 2 aromatic rings. The Hall–Kier alpha value is -1.39. The van der Waals surface area contributed by atoms with Gasteiger partial charge in [-0.1, -0.05) is 19.9 Å². The molecule has 0 aromatic carbocycles. The molecule has 2 rings (SSSR count). The van der Waals surface area contributed by atoms with Crippen LogP contribution in [0.4, 0.5) is 5.82 Å². The second-order valence-corrected chi connectivity index (χ2v) is 6.08. The van der Waals surface area contributed by atoms with Crippen molar-refractivity contribution in [1.29, 1.82) is 0 Å². The molecule has 0 saturated carbocycles. The second kappa shape index (κ2) is 8.15. The summed E-state index contributed by atoms with van der Waals surface area (Å²) in [7, 11) is 0. The maximum Gasteiger partial charge on any atom is 0.129 e. The van der Waals surface area contributed by atoms with E-state index < -0.39 is 0 Å². The number of pyridine rings is 1. The van der Waals surface area contributed by atoms with E-state index in [1.165, 1.54) is 16.1 Å². The fourth-order valence-electron chi connectivity index (χ4n) is 2.29. The lowest BCUT2D eigenvalue weighted by Gasteiger charge is -2.22. The molecule has 0 amide bonds. The summed E-state index contributed by atoms with van der Waals surface area (Å²) in [4.78, 5) is 8.55. The van der Waals surface area contributed by atoms with Gasteiger partial charge in [0.2, 0.25) is 0 Å². The fourth-order valence-corrected chi connectivity index (χ4v) is 3.01. The zero-order chi connectivity index (χ0) is 15.1. The summed E-state index contributed by atoms with van der Waals surface area (Å²) in [5.74, 6) is 1.10. The molecule has 0 fully saturated rings. The van der Waals surface area contributed by atoms with Crippen LogP contribution in [0.2, 0.25) is 0 Å². The maximum absolute atomic E-state index is 4.81. The maximum atomic E-state index is 4.81. The molecular formula is C17H25N3S. The van der Waals surface area contributed by atoms with Crippen LogP contribution >= 0.6 is 11.3 Å². The Balaban J connectivity index is 2.22. The molecule has 2 heterocycles. The summed E-state index contributed by atoms with van der Waals surface area (Å²) in [6, 6.07) is 8.74. The normalized spacial score (nSPS) is 10.8. The van der Waals surface area contributed by atoms with E-state index in [-0.39, 0.29) is 0 Å². The van der Waals surface area contributed by atoms with Crippen molar-refractivity contribution in [3.05, 3.63) is 45.8 Å². The smallest absolute Gasteiger partial charge is 0.129 e. The summed E-state index contributed by atoms with van der Waals surface area (Å²) in [5.41, 5.74) is 2.49. The number of rotatable bonds is 8. The summed E-state index contributed by atoms with van der Waals surface area (Å²) in [6.45, 7) is 10.3. The number of thiophene rings is 1. The van der Waals surface area contributed by atoms with Gasteiger partial charge in [0.05, 0.1) is 6.54 Å². The first-order valence-corrected chi connectivity index (χ1v) is 8.62. The van der Waals surface area contributed by atoms with Gasteiger partial charge in [0.25, 0.3) is 0 Å². The van der Waals surface area contributed by atoms with Gasteiger partial charge in [0.15, 0.2) is 0 Å².